The lowest BCUT2D eigenvalue weighted by atomic mass is 10.00. The second kappa shape index (κ2) is 10.4. The van der Waals surface area contributed by atoms with Gasteiger partial charge in [-0.15, -0.1) is 0 Å². The van der Waals surface area contributed by atoms with Crippen molar-refractivity contribution < 1.29 is 23.5 Å². The van der Waals surface area contributed by atoms with E-state index >= 15 is 0 Å². The molecule has 2 atom stereocenters. The van der Waals surface area contributed by atoms with Crippen LogP contribution < -0.4 is 10.6 Å². The zero-order valence-electron chi connectivity index (χ0n) is 19.5. The summed E-state index contributed by atoms with van der Waals surface area (Å²) in [5.41, 5.74) is 2.96. The van der Waals surface area contributed by atoms with Crippen molar-refractivity contribution in [1.29, 1.82) is 0 Å². The average Bonchev–Trinajstić information content (AvgIpc) is 3.17. The number of hydrogen-bond acceptors (Lipinski definition) is 4. The van der Waals surface area contributed by atoms with Crippen LogP contribution in [-0.2, 0) is 16.1 Å². The van der Waals surface area contributed by atoms with Crippen LogP contribution in [0.4, 0.5) is 14.9 Å². The first-order valence-corrected chi connectivity index (χ1v) is 11.3. The molecule has 0 radical (unpaired) electrons. The summed E-state index contributed by atoms with van der Waals surface area (Å²) in [6, 6.07) is 19.2. The number of halogens is 1. The smallest absolute Gasteiger partial charge is 0.411 e. The quantitative estimate of drug-likeness (QED) is 0.524. The molecule has 1 saturated heterocycles. The van der Waals surface area contributed by atoms with E-state index in [2.05, 4.69) is 10.6 Å². The van der Waals surface area contributed by atoms with Crippen LogP contribution >= 0.6 is 0 Å². The van der Waals surface area contributed by atoms with Gasteiger partial charge in [0.25, 0.3) is 5.91 Å². The van der Waals surface area contributed by atoms with Crippen LogP contribution in [0.3, 0.4) is 0 Å². The molecule has 8 heteroatoms. The standard InChI is InChI=1S/C27H26FN3O4/c1-3-29-26(33)23-24(35-27(34)31(23)16-18-10-8-17(2)9-11-18)19-12-14-20(15-13-19)30-25(32)21-6-4-5-7-22(21)28/h4-15,23-24H,3,16H2,1-2H3,(H,29,33)(H,30,32)/t23-,24+/m0/s1. The molecule has 0 unspecified atom stereocenters. The largest absolute Gasteiger partial charge is 0.438 e. The molecule has 3 amide bonds. The van der Waals surface area contributed by atoms with E-state index in [9.17, 15) is 18.8 Å². The molecular formula is C27H26FN3O4. The molecule has 3 aromatic rings. The van der Waals surface area contributed by atoms with Crippen LogP contribution in [0.15, 0.2) is 72.8 Å². The maximum absolute atomic E-state index is 13.9. The molecule has 4 rings (SSSR count). The zero-order chi connectivity index (χ0) is 24.9. The number of carbonyl (C=O) groups excluding carboxylic acids is 3. The lowest BCUT2D eigenvalue weighted by Gasteiger charge is -2.24. The number of aryl methyl sites for hydroxylation is 1. The van der Waals surface area contributed by atoms with Gasteiger partial charge in [0.15, 0.2) is 12.1 Å². The van der Waals surface area contributed by atoms with E-state index < -0.39 is 30.0 Å². The fraction of sp³-hybridized carbons (Fsp3) is 0.222. The number of hydrogen-bond donors (Lipinski definition) is 2. The van der Waals surface area contributed by atoms with Gasteiger partial charge in [-0.2, -0.15) is 0 Å². The van der Waals surface area contributed by atoms with Crippen LogP contribution in [0.2, 0.25) is 0 Å². The number of likely N-dealkylation sites (N-methyl/N-ethyl adjacent to an activating group) is 1. The molecule has 1 aliphatic rings. The first-order chi connectivity index (χ1) is 16.9. The predicted octanol–water partition coefficient (Wildman–Crippen LogP) is 4.58. The van der Waals surface area contributed by atoms with E-state index in [1.165, 1.54) is 23.1 Å². The summed E-state index contributed by atoms with van der Waals surface area (Å²) >= 11 is 0. The zero-order valence-corrected chi connectivity index (χ0v) is 19.5. The van der Waals surface area contributed by atoms with Gasteiger partial charge in [0.2, 0.25) is 5.91 Å². The van der Waals surface area contributed by atoms with E-state index in [1.54, 1.807) is 30.3 Å². The van der Waals surface area contributed by atoms with Crippen LogP contribution in [0.1, 0.15) is 40.1 Å². The molecule has 7 nitrogen and oxygen atoms in total. The number of carbonyl (C=O) groups is 3. The average molecular weight is 476 g/mol. The van der Waals surface area contributed by atoms with Gasteiger partial charge in [-0.3, -0.25) is 14.5 Å². The molecule has 0 spiro atoms. The third-order valence-electron chi connectivity index (χ3n) is 5.79. The van der Waals surface area contributed by atoms with Gasteiger partial charge in [-0.1, -0.05) is 54.1 Å². The highest BCUT2D eigenvalue weighted by Gasteiger charge is 2.46. The van der Waals surface area contributed by atoms with Crippen molar-refractivity contribution >= 4 is 23.6 Å². The van der Waals surface area contributed by atoms with E-state index in [1.807, 2.05) is 38.1 Å². The summed E-state index contributed by atoms with van der Waals surface area (Å²) in [7, 11) is 0. The van der Waals surface area contributed by atoms with Crippen molar-refractivity contribution in [2.45, 2.75) is 32.5 Å². The monoisotopic (exact) mass is 475 g/mol. The van der Waals surface area contributed by atoms with Gasteiger partial charge in [-0.25, -0.2) is 9.18 Å². The SMILES string of the molecule is CCNC(=O)[C@@H]1[C@@H](c2ccc(NC(=O)c3ccccc3F)cc2)OC(=O)N1Cc1ccc(C)cc1. The molecule has 1 aliphatic heterocycles. The van der Waals surface area contributed by atoms with Crippen molar-refractivity contribution in [3.63, 3.8) is 0 Å². The molecule has 0 aliphatic carbocycles. The Labute approximate surface area is 202 Å². The summed E-state index contributed by atoms with van der Waals surface area (Å²) in [6.45, 7) is 4.43. The van der Waals surface area contributed by atoms with E-state index in [0.717, 1.165) is 11.1 Å². The lowest BCUT2D eigenvalue weighted by molar-refractivity contribution is -0.126. The van der Waals surface area contributed by atoms with Gasteiger partial charge in [0.1, 0.15) is 5.82 Å². The summed E-state index contributed by atoms with van der Waals surface area (Å²) < 4.78 is 19.5. The van der Waals surface area contributed by atoms with E-state index in [-0.39, 0.29) is 18.0 Å². The third-order valence-corrected chi connectivity index (χ3v) is 5.79. The number of rotatable bonds is 7. The Balaban J connectivity index is 1.54. The minimum absolute atomic E-state index is 0.0654. The van der Waals surface area contributed by atoms with Crippen molar-refractivity contribution in [3.05, 3.63) is 101 Å². The molecule has 0 bridgehead atoms. The maximum Gasteiger partial charge on any atom is 0.411 e. The van der Waals surface area contributed by atoms with Crippen LogP contribution in [0.25, 0.3) is 0 Å². The summed E-state index contributed by atoms with van der Waals surface area (Å²) in [4.78, 5) is 39.5. The molecule has 1 heterocycles. The van der Waals surface area contributed by atoms with Crippen molar-refractivity contribution in [2.75, 3.05) is 11.9 Å². The van der Waals surface area contributed by atoms with Gasteiger partial charge in [-0.05, 0) is 49.2 Å². The third kappa shape index (κ3) is 5.32. The highest BCUT2D eigenvalue weighted by molar-refractivity contribution is 6.04. The summed E-state index contributed by atoms with van der Waals surface area (Å²) in [5.74, 6) is -1.50. The number of anilines is 1. The summed E-state index contributed by atoms with van der Waals surface area (Å²) in [5, 5.41) is 5.44. The van der Waals surface area contributed by atoms with Crippen LogP contribution in [0.5, 0.6) is 0 Å². The number of nitrogens with one attached hydrogen (secondary N) is 2. The Kier molecular flexibility index (Phi) is 7.10. The molecule has 2 N–H and O–H groups in total. The Morgan fingerprint density at radius 2 is 1.69 bits per heavy atom. The first-order valence-electron chi connectivity index (χ1n) is 11.3. The number of ether oxygens (including phenoxy) is 1. The highest BCUT2D eigenvalue weighted by atomic mass is 19.1. The normalized spacial score (nSPS) is 17.1. The number of amides is 3. The van der Waals surface area contributed by atoms with Gasteiger partial charge >= 0.3 is 6.09 Å². The fourth-order valence-corrected chi connectivity index (χ4v) is 3.98. The Hall–Kier alpha value is -4.20. The molecular weight excluding hydrogens is 449 g/mol. The van der Waals surface area contributed by atoms with Gasteiger partial charge in [0.05, 0.1) is 12.1 Å². The highest BCUT2D eigenvalue weighted by Crippen LogP contribution is 2.34. The number of cyclic esters (lactones) is 1. The lowest BCUT2D eigenvalue weighted by Crippen LogP contribution is -2.46. The van der Waals surface area contributed by atoms with Crippen molar-refractivity contribution in [2.24, 2.45) is 0 Å². The van der Waals surface area contributed by atoms with Crippen LogP contribution in [-0.4, -0.2) is 35.4 Å². The molecule has 1 fully saturated rings. The molecule has 0 aromatic heterocycles. The van der Waals surface area contributed by atoms with Gasteiger partial charge < -0.3 is 15.4 Å². The van der Waals surface area contributed by atoms with Gasteiger partial charge in [0, 0.05) is 12.2 Å². The van der Waals surface area contributed by atoms with Crippen molar-refractivity contribution in [3.8, 4) is 0 Å². The maximum atomic E-state index is 13.9. The first kappa shape index (κ1) is 23.9. The Morgan fingerprint density at radius 3 is 2.34 bits per heavy atom. The molecule has 35 heavy (non-hydrogen) atoms. The Morgan fingerprint density at radius 1 is 1.00 bits per heavy atom. The molecule has 0 saturated carbocycles. The van der Waals surface area contributed by atoms with Crippen molar-refractivity contribution in [1.82, 2.24) is 10.2 Å². The minimum Gasteiger partial charge on any atom is -0.438 e. The molecule has 3 aromatic carbocycles. The fourth-order valence-electron chi connectivity index (χ4n) is 3.98. The van der Waals surface area contributed by atoms with Crippen LogP contribution in [0, 0.1) is 12.7 Å². The molecule has 180 valence electrons. The summed E-state index contributed by atoms with van der Waals surface area (Å²) in [6.07, 6.45) is -1.40. The number of benzene rings is 3. The second-order valence-electron chi connectivity index (χ2n) is 8.31. The van der Waals surface area contributed by atoms with E-state index in [4.69, 9.17) is 4.74 Å². The second-order valence-corrected chi connectivity index (χ2v) is 8.31. The van der Waals surface area contributed by atoms with E-state index in [0.29, 0.717) is 17.8 Å². The Bertz CT molecular complexity index is 1230. The topological polar surface area (TPSA) is 87.7 Å². The predicted molar refractivity (Wildman–Crippen MR) is 129 cm³/mol. The minimum atomic E-state index is -0.859. The number of nitrogens with zero attached hydrogens (tertiary/aromatic N) is 1.